The SMILES string of the molecule is Cc1cc(F)ccc1[C@H](c1cccc(F)c1)[C@H]1[C@H]2CCCN2C(=O)c2c(O)c(=O)cnn21. The number of aryl methyl sites for hydroxylation is 1. The lowest BCUT2D eigenvalue weighted by Crippen LogP contribution is -2.51. The summed E-state index contributed by atoms with van der Waals surface area (Å²) in [5.41, 5.74) is 1.17. The molecular formula is C24H21F2N3O3. The Morgan fingerprint density at radius 2 is 1.91 bits per heavy atom. The number of rotatable bonds is 3. The van der Waals surface area contributed by atoms with Gasteiger partial charge in [-0.3, -0.25) is 14.3 Å². The quantitative estimate of drug-likeness (QED) is 0.680. The number of nitrogens with zero attached hydrogens (tertiary/aromatic N) is 3. The van der Waals surface area contributed by atoms with Crippen LogP contribution in [0.4, 0.5) is 8.78 Å². The highest BCUT2D eigenvalue weighted by atomic mass is 19.1. The first kappa shape index (κ1) is 20.4. The predicted octanol–water partition coefficient (Wildman–Crippen LogP) is 3.53. The summed E-state index contributed by atoms with van der Waals surface area (Å²) in [6.07, 6.45) is 2.44. The summed E-state index contributed by atoms with van der Waals surface area (Å²) in [5.74, 6) is -2.39. The Hall–Kier alpha value is -3.55. The number of hydrogen-bond acceptors (Lipinski definition) is 4. The highest BCUT2D eigenvalue weighted by Gasteiger charge is 2.48. The Bertz CT molecular complexity index is 1290. The third-order valence-electron chi connectivity index (χ3n) is 6.54. The summed E-state index contributed by atoms with van der Waals surface area (Å²) in [6, 6.07) is 9.79. The molecule has 8 heteroatoms. The van der Waals surface area contributed by atoms with Gasteiger partial charge in [0.15, 0.2) is 11.4 Å². The van der Waals surface area contributed by atoms with Crippen molar-refractivity contribution >= 4 is 5.91 Å². The summed E-state index contributed by atoms with van der Waals surface area (Å²) in [6.45, 7) is 2.27. The van der Waals surface area contributed by atoms with Gasteiger partial charge >= 0.3 is 0 Å². The van der Waals surface area contributed by atoms with E-state index in [0.717, 1.165) is 18.2 Å². The molecule has 0 spiro atoms. The van der Waals surface area contributed by atoms with Gasteiger partial charge in [-0.15, -0.1) is 0 Å². The molecule has 0 unspecified atom stereocenters. The summed E-state index contributed by atoms with van der Waals surface area (Å²) in [4.78, 5) is 26.9. The third kappa shape index (κ3) is 3.09. The van der Waals surface area contributed by atoms with Crippen molar-refractivity contribution in [1.29, 1.82) is 0 Å². The molecule has 1 saturated heterocycles. The van der Waals surface area contributed by atoms with Crippen LogP contribution in [0.5, 0.6) is 5.75 Å². The number of halogens is 2. The fourth-order valence-corrected chi connectivity index (χ4v) is 5.19. The maximum absolute atomic E-state index is 14.3. The molecule has 164 valence electrons. The van der Waals surface area contributed by atoms with Crippen LogP contribution in [0, 0.1) is 18.6 Å². The Balaban J connectivity index is 1.81. The summed E-state index contributed by atoms with van der Waals surface area (Å²) >= 11 is 0. The lowest BCUT2D eigenvalue weighted by Gasteiger charge is -2.43. The number of aromatic nitrogens is 2. The van der Waals surface area contributed by atoms with E-state index >= 15 is 0 Å². The largest absolute Gasteiger partial charge is 0.502 e. The van der Waals surface area contributed by atoms with Crippen molar-refractivity contribution in [3.63, 3.8) is 0 Å². The van der Waals surface area contributed by atoms with Gasteiger partial charge in [-0.25, -0.2) is 8.78 Å². The first-order valence-electron chi connectivity index (χ1n) is 10.5. The topological polar surface area (TPSA) is 75.4 Å². The van der Waals surface area contributed by atoms with E-state index in [1.165, 1.54) is 28.9 Å². The standard InChI is InChI=1S/C24H21F2N3O3/c1-13-10-16(26)7-8-17(13)20(14-4-2-5-15(25)11-14)21-18-6-3-9-28(18)24(32)22-23(31)19(30)12-27-29(21)22/h2,4-5,7-8,10-12,18,20-21,31H,3,6,9H2,1H3/t18-,20+,21-/m1/s1. The summed E-state index contributed by atoms with van der Waals surface area (Å²) in [7, 11) is 0. The van der Waals surface area contributed by atoms with Crippen molar-refractivity contribution in [1.82, 2.24) is 14.7 Å². The van der Waals surface area contributed by atoms with E-state index in [1.54, 1.807) is 30.0 Å². The molecular weight excluding hydrogens is 416 g/mol. The molecule has 2 aromatic carbocycles. The molecule has 1 aromatic heterocycles. The molecule has 0 aliphatic carbocycles. The van der Waals surface area contributed by atoms with Gasteiger partial charge in [-0.05, 0) is 60.7 Å². The summed E-state index contributed by atoms with van der Waals surface area (Å²) in [5, 5.41) is 14.7. The molecule has 1 fully saturated rings. The molecule has 3 aromatic rings. The minimum Gasteiger partial charge on any atom is -0.502 e. The summed E-state index contributed by atoms with van der Waals surface area (Å²) < 4.78 is 29.6. The van der Waals surface area contributed by atoms with Gasteiger partial charge in [-0.1, -0.05) is 18.2 Å². The molecule has 1 amide bonds. The normalized spacial score (nSPS) is 20.7. The van der Waals surface area contributed by atoms with Crippen LogP contribution in [-0.2, 0) is 0 Å². The van der Waals surface area contributed by atoms with Gasteiger partial charge in [-0.2, -0.15) is 5.10 Å². The Labute approximate surface area is 182 Å². The second-order valence-corrected chi connectivity index (χ2v) is 8.38. The fourth-order valence-electron chi connectivity index (χ4n) is 5.19. The average molecular weight is 437 g/mol. The minimum atomic E-state index is -0.735. The first-order valence-corrected chi connectivity index (χ1v) is 10.5. The molecule has 2 aliphatic rings. The molecule has 1 N–H and O–H groups in total. The number of fused-ring (bicyclic) bond motifs is 2. The van der Waals surface area contributed by atoms with Crippen molar-refractivity contribution < 1.29 is 18.7 Å². The van der Waals surface area contributed by atoms with Crippen molar-refractivity contribution in [2.45, 2.75) is 37.8 Å². The van der Waals surface area contributed by atoms with E-state index in [4.69, 9.17) is 0 Å². The minimum absolute atomic E-state index is 0.165. The molecule has 0 saturated carbocycles. The third-order valence-corrected chi connectivity index (χ3v) is 6.54. The zero-order chi connectivity index (χ0) is 22.6. The smallest absolute Gasteiger partial charge is 0.276 e. The van der Waals surface area contributed by atoms with Gasteiger partial charge < -0.3 is 10.0 Å². The monoisotopic (exact) mass is 437 g/mol. The zero-order valence-corrected chi connectivity index (χ0v) is 17.3. The van der Waals surface area contributed by atoms with E-state index in [1.807, 2.05) is 0 Å². The van der Waals surface area contributed by atoms with E-state index < -0.39 is 34.9 Å². The number of benzene rings is 2. The molecule has 2 aliphatic heterocycles. The van der Waals surface area contributed by atoms with Gasteiger partial charge in [0.05, 0.1) is 18.3 Å². The van der Waals surface area contributed by atoms with Gasteiger partial charge in [0.2, 0.25) is 5.43 Å². The van der Waals surface area contributed by atoms with Crippen LogP contribution < -0.4 is 5.43 Å². The number of hydrogen-bond donors (Lipinski definition) is 1. The van der Waals surface area contributed by atoms with Crippen LogP contribution in [-0.4, -0.2) is 38.3 Å². The molecule has 32 heavy (non-hydrogen) atoms. The van der Waals surface area contributed by atoms with Crippen LogP contribution in [0.2, 0.25) is 0 Å². The predicted molar refractivity (Wildman–Crippen MR) is 113 cm³/mol. The highest BCUT2D eigenvalue weighted by Crippen LogP contribution is 2.46. The lowest BCUT2D eigenvalue weighted by atomic mass is 9.78. The number of amides is 1. The number of aromatic hydroxyl groups is 1. The van der Waals surface area contributed by atoms with Crippen molar-refractivity contribution in [2.24, 2.45) is 0 Å². The van der Waals surface area contributed by atoms with Crippen LogP contribution in [0.25, 0.3) is 0 Å². The van der Waals surface area contributed by atoms with Gasteiger partial charge in [0.25, 0.3) is 5.91 Å². The Morgan fingerprint density at radius 1 is 1.12 bits per heavy atom. The number of carbonyl (C=O) groups is 1. The first-order chi connectivity index (χ1) is 15.4. The van der Waals surface area contributed by atoms with Gasteiger partial charge in [0, 0.05) is 12.5 Å². The van der Waals surface area contributed by atoms with E-state index in [2.05, 4.69) is 5.10 Å². The van der Waals surface area contributed by atoms with Crippen molar-refractivity contribution in [3.8, 4) is 5.75 Å². The van der Waals surface area contributed by atoms with Crippen LogP contribution in [0.3, 0.4) is 0 Å². The maximum Gasteiger partial charge on any atom is 0.276 e. The second-order valence-electron chi connectivity index (χ2n) is 8.38. The second kappa shape index (κ2) is 7.55. The van der Waals surface area contributed by atoms with Crippen molar-refractivity contribution in [2.75, 3.05) is 6.54 Å². The Morgan fingerprint density at radius 3 is 2.66 bits per heavy atom. The van der Waals surface area contributed by atoms with Crippen LogP contribution in [0.15, 0.2) is 53.5 Å². The molecule has 0 bridgehead atoms. The van der Waals surface area contributed by atoms with E-state index in [0.29, 0.717) is 24.1 Å². The molecule has 3 heterocycles. The van der Waals surface area contributed by atoms with E-state index in [-0.39, 0.29) is 17.6 Å². The number of carbonyl (C=O) groups excluding carboxylic acids is 1. The maximum atomic E-state index is 14.3. The van der Waals surface area contributed by atoms with Crippen LogP contribution in [0.1, 0.15) is 52.0 Å². The molecule has 0 radical (unpaired) electrons. The fraction of sp³-hybridized carbons (Fsp3) is 0.292. The average Bonchev–Trinajstić information content (AvgIpc) is 3.24. The van der Waals surface area contributed by atoms with Crippen molar-refractivity contribution in [3.05, 3.63) is 92.9 Å². The lowest BCUT2D eigenvalue weighted by molar-refractivity contribution is 0.0565. The van der Waals surface area contributed by atoms with Gasteiger partial charge in [0.1, 0.15) is 11.6 Å². The molecule has 3 atom stereocenters. The van der Waals surface area contributed by atoms with E-state index in [9.17, 15) is 23.5 Å². The molecule has 5 rings (SSSR count). The molecule has 6 nitrogen and oxygen atoms in total. The Kier molecular flexibility index (Phi) is 4.80. The zero-order valence-electron chi connectivity index (χ0n) is 17.3. The highest BCUT2D eigenvalue weighted by molar-refractivity contribution is 5.96. The van der Waals surface area contributed by atoms with Crippen LogP contribution >= 0.6 is 0 Å².